The van der Waals surface area contributed by atoms with Gasteiger partial charge in [-0.25, -0.2) is 4.68 Å². The third-order valence-electron chi connectivity index (χ3n) is 2.90. The molecule has 0 bridgehead atoms. The van der Waals surface area contributed by atoms with E-state index in [4.69, 9.17) is 10.0 Å². The maximum Gasteiger partial charge on any atom is 0.488 e. The summed E-state index contributed by atoms with van der Waals surface area (Å²) in [5, 5.41) is 26.5. The van der Waals surface area contributed by atoms with Gasteiger partial charge < -0.3 is 10.0 Å². The van der Waals surface area contributed by atoms with Crippen LogP contribution in [0.5, 0.6) is 0 Å². The lowest BCUT2D eigenvalue weighted by atomic mass is 9.80. The van der Waals surface area contributed by atoms with Crippen LogP contribution in [0.4, 0.5) is 0 Å². The molecule has 6 heteroatoms. The number of aromatic nitrogens is 3. The molecule has 2 rings (SSSR count). The molecule has 0 amide bonds. The van der Waals surface area contributed by atoms with Crippen LogP contribution in [0.3, 0.4) is 0 Å². The highest BCUT2D eigenvalue weighted by atomic mass is 16.4. The summed E-state index contributed by atoms with van der Waals surface area (Å²) >= 11 is 0. The molecule has 0 saturated heterocycles. The largest absolute Gasteiger partial charge is 0.488 e. The first-order valence-corrected chi connectivity index (χ1v) is 6.22. The van der Waals surface area contributed by atoms with Gasteiger partial charge in [0.25, 0.3) is 0 Å². The Kier molecular flexibility index (Phi) is 3.73. The summed E-state index contributed by atoms with van der Waals surface area (Å²) in [6.45, 7) is 6.82. The first-order chi connectivity index (χ1) is 8.86. The molecule has 1 heterocycles. The van der Waals surface area contributed by atoms with Gasteiger partial charge in [0, 0.05) is 11.6 Å². The first kappa shape index (κ1) is 13.8. The standard InChI is InChI=1S/C13H18BN3O2/c1-13(2,3)12-9-17(16-15-12)8-10-5-4-6-11(7-10)14(18)19/h4-7,9,18-19H,8H2,1-3H3. The number of rotatable bonds is 3. The van der Waals surface area contributed by atoms with Crippen LogP contribution in [0.25, 0.3) is 0 Å². The summed E-state index contributed by atoms with van der Waals surface area (Å²) in [6.07, 6.45) is 1.92. The molecule has 0 spiro atoms. The van der Waals surface area contributed by atoms with Gasteiger partial charge in [-0.2, -0.15) is 0 Å². The Morgan fingerprint density at radius 3 is 2.58 bits per heavy atom. The maximum atomic E-state index is 9.15. The Balaban J connectivity index is 2.17. The number of hydrogen-bond acceptors (Lipinski definition) is 4. The van der Waals surface area contributed by atoms with Crippen molar-refractivity contribution in [1.29, 1.82) is 0 Å². The maximum absolute atomic E-state index is 9.15. The first-order valence-electron chi connectivity index (χ1n) is 6.22. The Hall–Kier alpha value is -1.66. The highest BCUT2D eigenvalue weighted by Gasteiger charge is 2.18. The molecule has 0 radical (unpaired) electrons. The summed E-state index contributed by atoms with van der Waals surface area (Å²) < 4.78 is 1.75. The molecule has 0 fully saturated rings. The average molecular weight is 259 g/mol. The van der Waals surface area contributed by atoms with Crippen molar-refractivity contribution in [2.45, 2.75) is 32.7 Å². The topological polar surface area (TPSA) is 71.2 Å². The fourth-order valence-electron chi connectivity index (χ4n) is 1.76. The Bertz CT molecular complexity index is 561. The van der Waals surface area contributed by atoms with Crippen molar-refractivity contribution >= 4 is 12.6 Å². The zero-order valence-corrected chi connectivity index (χ0v) is 11.4. The van der Waals surface area contributed by atoms with Gasteiger partial charge in [-0.3, -0.25) is 0 Å². The van der Waals surface area contributed by atoms with E-state index >= 15 is 0 Å². The van der Waals surface area contributed by atoms with Crippen LogP contribution in [-0.2, 0) is 12.0 Å². The summed E-state index contributed by atoms with van der Waals surface area (Å²) in [5.74, 6) is 0. The fourth-order valence-corrected chi connectivity index (χ4v) is 1.76. The summed E-state index contributed by atoms with van der Waals surface area (Å²) in [5.41, 5.74) is 2.34. The average Bonchev–Trinajstić information content (AvgIpc) is 2.77. The van der Waals surface area contributed by atoms with Gasteiger partial charge in [0.05, 0.1) is 12.2 Å². The van der Waals surface area contributed by atoms with Crippen molar-refractivity contribution in [3.8, 4) is 0 Å². The van der Waals surface area contributed by atoms with E-state index in [9.17, 15) is 0 Å². The quantitative estimate of drug-likeness (QED) is 0.778. The summed E-state index contributed by atoms with van der Waals surface area (Å²) in [4.78, 5) is 0. The minimum absolute atomic E-state index is 0.0264. The molecule has 1 aromatic carbocycles. The molecule has 2 aromatic rings. The van der Waals surface area contributed by atoms with Crippen molar-refractivity contribution < 1.29 is 10.0 Å². The third-order valence-corrected chi connectivity index (χ3v) is 2.90. The smallest absolute Gasteiger partial charge is 0.423 e. The van der Waals surface area contributed by atoms with E-state index in [1.165, 1.54) is 0 Å². The molecule has 100 valence electrons. The molecule has 0 aliphatic carbocycles. The van der Waals surface area contributed by atoms with Gasteiger partial charge in [-0.05, 0) is 11.0 Å². The molecule has 0 unspecified atom stereocenters. The van der Waals surface area contributed by atoms with E-state index < -0.39 is 7.12 Å². The van der Waals surface area contributed by atoms with E-state index in [2.05, 4.69) is 31.1 Å². The monoisotopic (exact) mass is 259 g/mol. The highest BCUT2D eigenvalue weighted by Crippen LogP contribution is 2.18. The fraction of sp³-hybridized carbons (Fsp3) is 0.385. The molecule has 19 heavy (non-hydrogen) atoms. The van der Waals surface area contributed by atoms with E-state index in [0.29, 0.717) is 12.0 Å². The van der Waals surface area contributed by atoms with Crippen molar-refractivity contribution in [3.63, 3.8) is 0 Å². The van der Waals surface area contributed by atoms with Crippen LogP contribution in [-0.4, -0.2) is 32.2 Å². The molecule has 1 aromatic heterocycles. The second kappa shape index (κ2) is 5.15. The minimum atomic E-state index is -1.44. The molecule has 0 atom stereocenters. The van der Waals surface area contributed by atoms with Crippen LogP contribution in [0, 0.1) is 0 Å². The van der Waals surface area contributed by atoms with Crippen molar-refractivity contribution in [3.05, 3.63) is 41.7 Å². The Morgan fingerprint density at radius 2 is 2.00 bits per heavy atom. The number of nitrogens with zero attached hydrogens (tertiary/aromatic N) is 3. The second-order valence-corrected chi connectivity index (χ2v) is 5.67. The van der Waals surface area contributed by atoms with Crippen LogP contribution >= 0.6 is 0 Å². The van der Waals surface area contributed by atoms with Gasteiger partial charge in [-0.15, -0.1) is 5.10 Å². The lowest BCUT2D eigenvalue weighted by molar-refractivity contribution is 0.425. The van der Waals surface area contributed by atoms with Crippen molar-refractivity contribution in [2.75, 3.05) is 0 Å². The SMILES string of the molecule is CC(C)(C)c1cn(Cc2cccc(B(O)O)c2)nn1. The molecule has 5 nitrogen and oxygen atoms in total. The second-order valence-electron chi connectivity index (χ2n) is 5.67. The lowest BCUT2D eigenvalue weighted by Crippen LogP contribution is -2.30. The summed E-state index contributed by atoms with van der Waals surface area (Å²) in [6, 6.07) is 7.15. The van der Waals surface area contributed by atoms with E-state index in [1.807, 2.05) is 12.3 Å². The number of benzene rings is 1. The summed E-state index contributed by atoms with van der Waals surface area (Å²) in [7, 11) is -1.44. The molecule has 0 aliphatic rings. The predicted molar refractivity (Wildman–Crippen MR) is 74.1 cm³/mol. The van der Waals surface area contributed by atoms with E-state index in [-0.39, 0.29) is 5.41 Å². The van der Waals surface area contributed by atoms with E-state index in [0.717, 1.165) is 11.3 Å². The normalized spacial score (nSPS) is 11.6. The van der Waals surface area contributed by atoms with Gasteiger partial charge in [0.2, 0.25) is 0 Å². The zero-order chi connectivity index (χ0) is 14.0. The molecule has 0 aliphatic heterocycles. The predicted octanol–water partition coefficient (Wildman–Crippen LogP) is 0.304. The zero-order valence-electron chi connectivity index (χ0n) is 11.4. The minimum Gasteiger partial charge on any atom is -0.423 e. The van der Waals surface area contributed by atoms with Gasteiger partial charge >= 0.3 is 7.12 Å². The van der Waals surface area contributed by atoms with Gasteiger partial charge in [-0.1, -0.05) is 50.3 Å². The Labute approximate surface area is 113 Å². The molecule has 2 N–H and O–H groups in total. The molecular formula is C13H18BN3O2. The van der Waals surface area contributed by atoms with Crippen LogP contribution in [0.15, 0.2) is 30.5 Å². The molecule has 0 saturated carbocycles. The lowest BCUT2D eigenvalue weighted by Gasteiger charge is -2.12. The Morgan fingerprint density at radius 1 is 1.26 bits per heavy atom. The third kappa shape index (κ3) is 3.42. The van der Waals surface area contributed by atoms with Crippen molar-refractivity contribution in [2.24, 2.45) is 0 Å². The van der Waals surface area contributed by atoms with Gasteiger partial charge in [0.15, 0.2) is 0 Å². The highest BCUT2D eigenvalue weighted by molar-refractivity contribution is 6.58. The van der Waals surface area contributed by atoms with Gasteiger partial charge in [0.1, 0.15) is 0 Å². The molecular weight excluding hydrogens is 241 g/mol. The van der Waals surface area contributed by atoms with E-state index in [1.54, 1.807) is 22.9 Å². The number of hydrogen-bond donors (Lipinski definition) is 2. The van der Waals surface area contributed by atoms with Crippen LogP contribution < -0.4 is 5.46 Å². The van der Waals surface area contributed by atoms with Crippen LogP contribution in [0.1, 0.15) is 32.0 Å². The van der Waals surface area contributed by atoms with Crippen LogP contribution in [0.2, 0.25) is 0 Å². The van der Waals surface area contributed by atoms with Crippen molar-refractivity contribution in [1.82, 2.24) is 15.0 Å².